The lowest BCUT2D eigenvalue weighted by molar-refractivity contribution is 0.122. The third-order valence-corrected chi connectivity index (χ3v) is 5.14. The van der Waals surface area contributed by atoms with Gasteiger partial charge in [0.15, 0.2) is 0 Å². The van der Waals surface area contributed by atoms with Crippen LogP contribution in [0.4, 0.5) is 5.82 Å². The number of ether oxygens (including phenoxy) is 2. The minimum absolute atomic E-state index is 0.337. The SMILES string of the molecule is COc1ccc([C@@H](O)CNCc2c(C(C)C)nn(C)c2N2CCOCC2)cc1. The number of methoxy groups -OCH3 is 1. The van der Waals surface area contributed by atoms with E-state index in [-0.39, 0.29) is 0 Å². The molecule has 1 aliphatic heterocycles. The number of aromatic nitrogens is 2. The van der Waals surface area contributed by atoms with Crippen LogP contribution in [0.1, 0.15) is 42.7 Å². The maximum Gasteiger partial charge on any atom is 0.131 e. The molecule has 0 bridgehead atoms. The molecule has 7 nitrogen and oxygen atoms in total. The fourth-order valence-corrected chi connectivity index (χ4v) is 3.66. The maximum atomic E-state index is 10.5. The van der Waals surface area contributed by atoms with Crippen LogP contribution in [0.3, 0.4) is 0 Å². The Hall–Kier alpha value is -2.09. The molecule has 1 aliphatic rings. The molecular weight excluding hydrogens is 356 g/mol. The Bertz CT molecular complexity index is 752. The van der Waals surface area contributed by atoms with E-state index in [1.54, 1.807) is 7.11 Å². The Labute approximate surface area is 167 Å². The van der Waals surface area contributed by atoms with Gasteiger partial charge in [0.25, 0.3) is 0 Å². The van der Waals surface area contributed by atoms with Gasteiger partial charge in [-0.05, 0) is 23.6 Å². The lowest BCUT2D eigenvalue weighted by atomic mass is 10.0. The second kappa shape index (κ2) is 9.41. The van der Waals surface area contributed by atoms with Gasteiger partial charge in [-0.25, -0.2) is 0 Å². The molecule has 0 amide bonds. The summed E-state index contributed by atoms with van der Waals surface area (Å²) in [5.41, 5.74) is 3.19. The summed E-state index contributed by atoms with van der Waals surface area (Å²) in [6.45, 7) is 8.71. The molecule has 0 radical (unpaired) electrons. The van der Waals surface area contributed by atoms with Gasteiger partial charge in [-0.1, -0.05) is 26.0 Å². The first-order valence-corrected chi connectivity index (χ1v) is 9.92. The molecule has 0 saturated carbocycles. The summed E-state index contributed by atoms with van der Waals surface area (Å²) >= 11 is 0. The largest absolute Gasteiger partial charge is 0.497 e. The van der Waals surface area contributed by atoms with Crippen molar-refractivity contribution in [1.29, 1.82) is 0 Å². The molecule has 1 fully saturated rings. The van der Waals surface area contributed by atoms with Crippen molar-refractivity contribution < 1.29 is 14.6 Å². The van der Waals surface area contributed by atoms with Gasteiger partial charge in [0.05, 0.1) is 32.1 Å². The quantitative estimate of drug-likeness (QED) is 0.723. The van der Waals surface area contributed by atoms with Gasteiger partial charge < -0.3 is 24.8 Å². The van der Waals surface area contributed by atoms with Crippen molar-refractivity contribution >= 4 is 5.82 Å². The van der Waals surface area contributed by atoms with Crippen LogP contribution in [-0.4, -0.2) is 54.8 Å². The molecule has 1 aromatic heterocycles. The van der Waals surface area contributed by atoms with Gasteiger partial charge in [0.2, 0.25) is 0 Å². The lowest BCUT2D eigenvalue weighted by Gasteiger charge is -2.29. The number of aliphatic hydroxyl groups is 1. The van der Waals surface area contributed by atoms with Gasteiger partial charge in [-0.15, -0.1) is 0 Å². The first kappa shape index (κ1) is 20.6. The third kappa shape index (κ3) is 4.66. The summed E-state index contributed by atoms with van der Waals surface area (Å²) in [5, 5.41) is 18.7. The highest BCUT2D eigenvalue weighted by Crippen LogP contribution is 2.29. The highest BCUT2D eigenvalue weighted by atomic mass is 16.5. The van der Waals surface area contributed by atoms with Crippen LogP contribution < -0.4 is 15.0 Å². The van der Waals surface area contributed by atoms with Crippen molar-refractivity contribution in [2.75, 3.05) is 44.9 Å². The molecule has 1 saturated heterocycles. The Kier molecular flexibility index (Phi) is 6.93. The smallest absolute Gasteiger partial charge is 0.131 e. The monoisotopic (exact) mass is 388 g/mol. The molecular formula is C21H32N4O3. The first-order chi connectivity index (χ1) is 13.5. The third-order valence-electron chi connectivity index (χ3n) is 5.14. The molecule has 0 unspecified atom stereocenters. The number of benzene rings is 1. The molecule has 1 aromatic carbocycles. The van der Waals surface area contributed by atoms with E-state index < -0.39 is 6.10 Å². The first-order valence-electron chi connectivity index (χ1n) is 9.92. The summed E-state index contributed by atoms with van der Waals surface area (Å²) in [7, 11) is 3.64. The molecule has 3 rings (SSSR count). The normalized spacial score (nSPS) is 15.9. The molecule has 1 atom stereocenters. The molecule has 0 aliphatic carbocycles. The molecule has 154 valence electrons. The average Bonchev–Trinajstić information content (AvgIpc) is 3.05. The van der Waals surface area contributed by atoms with Crippen LogP contribution in [0.2, 0.25) is 0 Å². The second-order valence-corrected chi connectivity index (χ2v) is 7.48. The van der Waals surface area contributed by atoms with Gasteiger partial charge in [-0.2, -0.15) is 5.10 Å². The van der Waals surface area contributed by atoms with E-state index in [9.17, 15) is 5.11 Å². The van der Waals surface area contributed by atoms with Gasteiger partial charge in [-0.3, -0.25) is 4.68 Å². The van der Waals surface area contributed by atoms with Crippen LogP contribution in [0.5, 0.6) is 5.75 Å². The number of nitrogens with one attached hydrogen (secondary N) is 1. The highest BCUT2D eigenvalue weighted by molar-refractivity contribution is 5.51. The topological polar surface area (TPSA) is 71.8 Å². The maximum absolute atomic E-state index is 10.5. The van der Waals surface area contributed by atoms with Gasteiger partial charge in [0.1, 0.15) is 11.6 Å². The Balaban J connectivity index is 1.69. The van der Waals surface area contributed by atoms with E-state index in [2.05, 4.69) is 24.1 Å². The average molecular weight is 389 g/mol. The molecule has 0 spiro atoms. The zero-order valence-corrected chi connectivity index (χ0v) is 17.3. The Morgan fingerprint density at radius 2 is 1.89 bits per heavy atom. The molecule has 2 aromatic rings. The predicted molar refractivity (Wildman–Crippen MR) is 110 cm³/mol. The predicted octanol–water partition coefficient (Wildman–Crippen LogP) is 2.21. The minimum atomic E-state index is -0.572. The second-order valence-electron chi connectivity index (χ2n) is 7.48. The molecule has 7 heteroatoms. The number of nitrogens with zero attached hydrogens (tertiary/aromatic N) is 3. The van der Waals surface area contributed by atoms with E-state index in [4.69, 9.17) is 14.6 Å². The van der Waals surface area contributed by atoms with Crippen LogP contribution in [0.25, 0.3) is 0 Å². The van der Waals surface area contributed by atoms with Crippen LogP contribution in [0, 0.1) is 0 Å². The van der Waals surface area contributed by atoms with Crippen molar-refractivity contribution in [1.82, 2.24) is 15.1 Å². The Morgan fingerprint density at radius 1 is 1.21 bits per heavy atom. The van der Waals surface area contributed by atoms with Crippen molar-refractivity contribution in [2.45, 2.75) is 32.4 Å². The zero-order valence-electron chi connectivity index (χ0n) is 17.3. The number of hydrogen-bond donors (Lipinski definition) is 2. The fraction of sp³-hybridized carbons (Fsp3) is 0.571. The number of aryl methyl sites for hydroxylation is 1. The summed E-state index contributed by atoms with van der Waals surface area (Å²) in [5.74, 6) is 2.28. The van der Waals surface area contributed by atoms with Crippen molar-refractivity contribution in [3.63, 3.8) is 0 Å². The van der Waals surface area contributed by atoms with Gasteiger partial charge in [0, 0.05) is 38.8 Å². The molecule has 2 N–H and O–H groups in total. The minimum Gasteiger partial charge on any atom is -0.497 e. The standard InChI is InChI=1S/C21H32N4O3/c1-15(2)20-18(21(24(3)23-20)25-9-11-28-12-10-25)13-22-14-19(26)16-5-7-17(27-4)8-6-16/h5-8,15,19,22,26H,9-14H2,1-4H3/t19-/m0/s1. The fourth-order valence-electron chi connectivity index (χ4n) is 3.66. The summed E-state index contributed by atoms with van der Waals surface area (Å²) < 4.78 is 12.7. The summed E-state index contributed by atoms with van der Waals surface area (Å²) in [6.07, 6.45) is -0.572. The van der Waals surface area contributed by atoms with E-state index in [1.807, 2.05) is 36.0 Å². The number of anilines is 1. The van der Waals surface area contributed by atoms with Crippen molar-refractivity contribution in [3.8, 4) is 5.75 Å². The number of hydrogen-bond acceptors (Lipinski definition) is 6. The number of rotatable bonds is 8. The van der Waals surface area contributed by atoms with Gasteiger partial charge >= 0.3 is 0 Å². The van der Waals surface area contributed by atoms with Crippen LogP contribution >= 0.6 is 0 Å². The lowest BCUT2D eigenvalue weighted by Crippen LogP contribution is -2.38. The summed E-state index contributed by atoms with van der Waals surface area (Å²) in [6, 6.07) is 7.53. The van der Waals surface area contributed by atoms with Crippen molar-refractivity contribution in [3.05, 3.63) is 41.1 Å². The summed E-state index contributed by atoms with van der Waals surface area (Å²) in [4.78, 5) is 2.35. The number of morpholine rings is 1. The Morgan fingerprint density at radius 3 is 2.50 bits per heavy atom. The van der Waals surface area contributed by atoms with E-state index in [0.717, 1.165) is 49.1 Å². The van der Waals surface area contributed by atoms with Crippen molar-refractivity contribution in [2.24, 2.45) is 7.05 Å². The molecule has 28 heavy (non-hydrogen) atoms. The number of aliphatic hydroxyl groups excluding tert-OH is 1. The molecule has 2 heterocycles. The van der Waals surface area contributed by atoms with Crippen LogP contribution in [0.15, 0.2) is 24.3 Å². The van der Waals surface area contributed by atoms with Crippen LogP contribution in [-0.2, 0) is 18.3 Å². The van der Waals surface area contributed by atoms with E-state index in [1.165, 1.54) is 5.56 Å². The van der Waals surface area contributed by atoms with E-state index in [0.29, 0.717) is 19.0 Å². The van der Waals surface area contributed by atoms with E-state index >= 15 is 0 Å². The highest BCUT2D eigenvalue weighted by Gasteiger charge is 2.24. The zero-order chi connectivity index (χ0) is 20.1.